The molecule has 0 bridgehead atoms. The third kappa shape index (κ3) is 7.84. The summed E-state index contributed by atoms with van der Waals surface area (Å²) in [6.07, 6.45) is 2.49. The van der Waals surface area contributed by atoms with Crippen LogP contribution in [0.4, 0.5) is 0 Å². The van der Waals surface area contributed by atoms with Gasteiger partial charge in [0.05, 0.1) is 0 Å². The summed E-state index contributed by atoms with van der Waals surface area (Å²) in [6, 6.07) is 6.50. The summed E-state index contributed by atoms with van der Waals surface area (Å²) >= 11 is 0. The van der Waals surface area contributed by atoms with Gasteiger partial charge in [0.15, 0.2) is 0 Å². The fourth-order valence-corrected chi connectivity index (χ4v) is 1.10. The van der Waals surface area contributed by atoms with Gasteiger partial charge in [-0.25, -0.2) is 12.1 Å². The predicted octanol–water partition coefficient (Wildman–Crippen LogP) is -6.32. The number of rotatable bonds is 2. The first-order chi connectivity index (χ1) is 4.34. The van der Waals surface area contributed by atoms with E-state index in [9.17, 15) is 0 Å². The molecule has 0 atom stereocenters. The summed E-state index contributed by atoms with van der Waals surface area (Å²) in [6.45, 7) is 4.39. The van der Waals surface area contributed by atoms with Gasteiger partial charge in [0.1, 0.15) is 0 Å². The molecule has 75 valence electrons. The molecule has 0 aliphatic carbocycles. The van der Waals surface area contributed by atoms with E-state index < -0.39 is 0 Å². The molecular formula is C9H13Cl3V. The molecule has 1 aromatic carbocycles. The predicted molar refractivity (Wildman–Crippen MR) is 40.8 cm³/mol. The average molecular weight is 279 g/mol. The van der Waals surface area contributed by atoms with E-state index in [1.54, 1.807) is 0 Å². The molecule has 0 fully saturated rings. The van der Waals surface area contributed by atoms with E-state index in [1.165, 1.54) is 24.0 Å². The summed E-state index contributed by atoms with van der Waals surface area (Å²) in [5.74, 6) is 0. The fraction of sp³-hybridized carbons (Fsp3) is 0.444. The molecule has 0 amide bonds. The van der Waals surface area contributed by atoms with Gasteiger partial charge in [-0.3, -0.25) is 0 Å². The van der Waals surface area contributed by atoms with E-state index in [1.807, 2.05) is 0 Å². The Morgan fingerprint density at radius 3 is 2.08 bits per heavy atom. The SMILES string of the molecule is CCCc1ccc[c-]1C.[Cl-].[Cl-].[Cl-].[V+4]. The Morgan fingerprint density at radius 2 is 1.77 bits per heavy atom. The van der Waals surface area contributed by atoms with Crippen molar-refractivity contribution in [1.29, 1.82) is 0 Å². The van der Waals surface area contributed by atoms with Crippen molar-refractivity contribution < 1.29 is 55.8 Å². The van der Waals surface area contributed by atoms with E-state index >= 15 is 0 Å². The van der Waals surface area contributed by atoms with Crippen molar-refractivity contribution in [3.05, 3.63) is 29.3 Å². The number of halogens is 3. The zero-order valence-electron chi connectivity index (χ0n) is 7.73. The topological polar surface area (TPSA) is 0 Å². The fourth-order valence-electron chi connectivity index (χ4n) is 1.10. The Balaban J connectivity index is -0.000000101. The number of hydrogen-bond donors (Lipinski definition) is 0. The van der Waals surface area contributed by atoms with Crippen LogP contribution in [-0.4, -0.2) is 0 Å². The van der Waals surface area contributed by atoms with Gasteiger partial charge in [0.2, 0.25) is 0 Å². The molecule has 0 heterocycles. The Hall–Kier alpha value is 0.804. The van der Waals surface area contributed by atoms with Gasteiger partial charge in [0, 0.05) is 0 Å². The van der Waals surface area contributed by atoms with Crippen LogP contribution in [0.15, 0.2) is 18.2 Å². The van der Waals surface area contributed by atoms with Crippen molar-refractivity contribution in [2.45, 2.75) is 26.7 Å². The third-order valence-corrected chi connectivity index (χ3v) is 1.67. The van der Waals surface area contributed by atoms with E-state index in [0.717, 1.165) is 0 Å². The van der Waals surface area contributed by atoms with Crippen LogP contribution in [0.2, 0.25) is 0 Å². The maximum absolute atomic E-state index is 2.21. The van der Waals surface area contributed by atoms with Gasteiger partial charge in [-0.05, 0) is 0 Å². The molecule has 0 saturated carbocycles. The summed E-state index contributed by atoms with van der Waals surface area (Å²) in [5, 5.41) is 0. The zero-order chi connectivity index (χ0) is 6.69. The minimum atomic E-state index is 0. The molecule has 0 aliphatic rings. The van der Waals surface area contributed by atoms with Crippen molar-refractivity contribution in [1.82, 2.24) is 0 Å². The smallest absolute Gasteiger partial charge is 1.00 e. The van der Waals surface area contributed by atoms with E-state index in [2.05, 4.69) is 32.0 Å². The van der Waals surface area contributed by atoms with Crippen molar-refractivity contribution in [2.75, 3.05) is 0 Å². The van der Waals surface area contributed by atoms with Gasteiger partial charge >= 0.3 is 18.6 Å². The van der Waals surface area contributed by atoms with Crippen LogP contribution in [-0.2, 0) is 25.0 Å². The third-order valence-electron chi connectivity index (χ3n) is 1.67. The standard InChI is InChI=1S/C9H13.3ClH.V/c1-3-5-9-7-4-6-8(9)2;;;;/h4,6-7H,3,5H2,1-2H3;3*1H;/q-1;;;;+4/p-3. The molecule has 1 aromatic rings. The van der Waals surface area contributed by atoms with Gasteiger partial charge in [-0.2, -0.15) is 17.2 Å². The van der Waals surface area contributed by atoms with Gasteiger partial charge < -0.3 is 37.2 Å². The molecule has 0 N–H and O–H groups in total. The van der Waals surface area contributed by atoms with Gasteiger partial charge in [0.25, 0.3) is 0 Å². The first-order valence-electron chi connectivity index (χ1n) is 3.55. The van der Waals surface area contributed by atoms with Crippen molar-refractivity contribution >= 4 is 0 Å². The van der Waals surface area contributed by atoms with Crippen LogP contribution in [0, 0.1) is 6.92 Å². The van der Waals surface area contributed by atoms with Crippen LogP contribution in [0.3, 0.4) is 0 Å². The molecule has 0 unspecified atom stereocenters. The van der Waals surface area contributed by atoms with E-state index in [-0.39, 0.29) is 55.8 Å². The molecule has 1 radical (unpaired) electrons. The zero-order valence-corrected chi connectivity index (χ0v) is 11.4. The molecule has 0 aromatic heterocycles. The van der Waals surface area contributed by atoms with Crippen LogP contribution in [0.25, 0.3) is 0 Å². The summed E-state index contributed by atoms with van der Waals surface area (Å²) < 4.78 is 0. The Bertz CT molecular complexity index is 187. The quantitative estimate of drug-likeness (QED) is 0.472. The molecule has 0 spiro atoms. The summed E-state index contributed by atoms with van der Waals surface area (Å²) in [7, 11) is 0. The average Bonchev–Trinajstić information content (AvgIpc) is 2.18. The van der Waals surface area contributed by atoms with Crippen molar-refractivity contribution in [3.8, 4) is 0 Å². The summed E-state index contributed by atoms with van der Waals surface area (Å²) in [4.78, 5) is 0. The molecule has 1 rings (SSSR count). The normalized spacial score (nSPS) is 6.92. The maximum atomic E-state index is 2.21. The molecule has 0 saturated heterocycles. The van der Waals surface area contributed by atoms with Gasteiger partial charge in [-0.15, -0.1) is 0 Å². The molecule has 0 nitrogen and oxygen atoms in total. The second-order valence-corrected chi connectivity index (χ2v) is 2.48. The van der Waals surface area contributed by atoms with Crippen LogP contribution in [0.1, 0.15) is 24.5 Å². The Morgan fingerprint density at radius 1 is 1.23 bits per heavy atom. The van der Waals surface area contributed by atoms with Crippen LogP contribution in [0.5, 0.6) is 0 Å². The largest absolute Gasteiger partial charge is 4.00 e. The van der Waals surface area contributed by atoms with Gasteiger partial charge in [-0.1, -0.05) is 26.7 Å². The molecule has 13 heavy (non-hydrogen) atoms. The first-order valence-corrected chi connectivity index (χ1v) is 3.55. The monoisotopic (exact) mass is 277 g/mol. The molecule has 4 heteroatoms. The second-order valence-electron chi connectivity index (χ2n) is 2.48. The number of hydrogen-bond acceptors (Lipinski definition) is 0. The minimum Gasteiger partial charge on any atom is -1.00 e. The van der Waals surface area contributed by atoms with Crippen LogP contribution >= 0.6 is 0 Å². The maximum Gasteiger partial charge on any atom is 4.00 e. The van der Waals surface area contributed by atoms with E-state index in [0.29, 0.717) is 0 Å². The van der Waals surface area contributed by atoms with Crippen molar-refractivity contribution in [3.63, 3.8) is 0 Å². The van der Waals surface area contributed by atoms with Crippen LogP contribution < -0.4 is 37.2 Å². The number of aryl methyl sites for hydroxylation is 2. The second kappa shape index (κ2) is 12.8. The summed E-state index contributed by atoms with van der Waals surface area (Å²) in [5.41, 5.74) is 2.95. The minimum absolute atomic E-state index is 0. The Kier molecular flexibility index (Phi) is 23.2. The Labute approximate surface area is 111 Å². The van der Waals surface area contributed by atoms with Crippen molar-refractivity contribution in [2.24, 2.45) is 0 Å². The molecule has 0 aliphatic heterocycles. The first kappa shape index (κ1) is 23.5. The van der Waals surface area contributed by atoms with E-state index in [4.69, 9.17) is 0 Å². The molecular weight excluding hydrogens is 265 g/mol.